The van der Waals surface area contributed by atoms with Crippen LogP contribution in [0.5, 0.6) is 0 Å². The maximum Gasteiger partial charge on any atom is 0.261 e. The Labute approximate surface area is 178 Å². The monoisotopic (exact) mass is 424 g/mol. The van der Waals surface area contributed by atoms with Crippen molar-refractivity contribution in [1.29, 1.82) is 0 Å². The molecule has 4 fully saturated rings. The third kappa shape index (κ3) is 3.73. The molecule has 2 N–H and O–H groups in total. The third-order valence-corrected chi connectivity index (χ3v) is 8.66. The first-order chi connectivity index (χ1) is 14.4. The molecule has 30 heavy (non-hydrogen) atoms. The van der Waals surface area contributed by atoms with Gasteiger partial charge < -0.3 is 5.32 Å². The van der Waals surface area contributed by atoms with E-state index in [4.69, 9.17) is 0 Å². The lowest BCUT2D eigenvalue weighted by molar-refractivity contribution is -0.114. The molecule has 0 saturated heterocycles. The van der Waals surface area contributed by atoms with Crippen LogP contribution in [0.2, 0.25) is 0 Å². The predicted octanol–water partition coefficient (Wildman–Crippen LogP) is 4.99. The minimum atomic E-state index is -3.68. The number of nitrogens with one attached hydrogen (secondary N) is 2. The van der Waals surface area contributed by atoms with Crippen LogP contribution in [0.3, 0.4) is 0 Å². The first-order valence-electron chi connectivity index (χ1n) is 10.9. The molecule has 1 amide bonds. The van der Waals surface area contributed by atoms with Gasteiger partial charge in [-0.25, -0.2) is 8.42 Å². The minimum Gasteiger partial charge on any atom is -0.326 e. The Morgan fingerprint density at radius 2 is 1.33 bits per heavy atom. The molecular weight excluding hydrogens is 396 g/mol. The smallest absolute Gasteiger partial charge is 0.261 e. The molecule has 6 rings (SSSR count). The van der Waals surface area contributed by atoms with Crippen molar-refractivity contribution in [3.05, 3.63) is 54.1 Å². The Morgan fingerprint density at radius 3 is 1.87 bits per heavy atom. The van der Waals surface area contributed by atoms with Crippen molar-refractivity contribution < 1.29 is 13.2 Å². The molecule has 158 valence electrons. The minimum absolute atomic E-state index is 0.168. The van der Waals surface area contributed by atoms with E-state index in [2.05, 4.69) is 22.2 Å². The van der Waals surface area contributed by atoms with Gasteiger partial charge >= 0.3 is 0 Å². The molecule has 0 atom stereocenters. The summed E-state index contributed by atoms with van der Waals surface area (Å²) in [5, 5.41) is 2.64. The molecule has 0 aromatic heterocycles. The number of carbonyl (C=O) groups excluding carboxylic acids is 1. The zero-order valence-electron chi connectivity index (χ0n) is 17.2. The summed E-state index contributed by atoms with van der Waals surface area (Å²) in [6, 6.07) is 14.2. The van der Waals surface area contributed by atoms with Crippen molar-refractivity contribution in [2.75, 3.05) is 10.0 Å². The fraction of sp³-hybridized carbons (Fsp3) is 0.458. The standard InChI is InChI=1S/C24H28N2O3S/c1-15(27)25-21-6-8-23(9-7-21)30(28,29)26-22-4-2-18(3-5-22)24-19-11-16-10-17(13-19)14-20(24)12-16/h2-9,16-17,19-20,24,26H,10-14H2,1H3,(H,25,27). The summed E-state index contributed by atoms with van der Waals surface area (Å²) in [6.45, 7) is 1.42. The van der Waals surface area contributed by atoms with E-state index in [1.165, 1.54) is 56.7 Å². The van der Waals surface area contributed by atoms with Gasteiger partial charge in [0.1, 0.15) is 0 Å². The number of rotatable bonds is 5. The Bertz CT molecular complexity index is 1020. The highest BCUT2D eigenvalue weighted by molar-refractivity contribution is 7.92. The Morgan fingerprint density at radius 1 is 0.800 bits per heavy atom. The number of carbonyl (C=O) groups is 1. The quantitative estimate of drug-likeness (QED) is 0.710. The predicted molar refractivity (Wildman–Crippen MR) is 118 cm³/mol. The zero-order valence-corrected chi connectivity index (χ0v) is 18.0. The molecular formula is C24H28N2O3S. The van der Waals surface area contributed by atoms with E-state index >= 15 is 0 Å². The number of benzene rings is 2. The molecule has 2 aromatic carbocycles. The van der Waals surface area contributed by atoms with E-state index in [0.29, 0.717) is 17.3 Å². The van der Waals surface area contributed by atoms with Crippen molar-refractivity contribution in [1.82, 2.24) is 0 Å². The van der Waals surface area contributed by atoms with Gasteiger partial charge in [0.2, 0.25) is 5.91 Å². The van der Waals surface area contributed by atoms with Crippen LogP contribution in [0.1, 0.15) is 50.5 Å². The number of anilines is 2. The van der Waals surface area contributed by atoms with Crippen LogP contribution in [0.15, 0.2) is 53.4 Å². The van der Waals surface area contributed by atoms with Crippen LogP contribution >= 0.6 is 0 Å². The van der Waals surface area contributed by atoms with E-state index in [-0.39, 0.29) is 10.8 Å². The van der Waals surface area contributed by atoms with Gasteiger partial charge in [-0.15, -0.1) is 0 Å². The molecule has 6 heteroatoms. The van der Waals surface area contributed by atoms with Crippen LogP contribution in [0, 0.1) is 23.7 Å². The maximum atomic E-state index is 12.7. The lowest BCUT2D eigenvalue weighted by Gasteiger charge is -2.54. The molecule has 0 aliphatic heterocycles. The topological polar surface area (TPSA) is 75.3 Å². The van der Waals surface area contributed by atoms with Gasteiger partial charge in [0.15, 0.2) is 0 Å². The number of amides is 1. The lowest BCUT2D eigenvalue weighted by Crippen LogP contribution is -2.43. The fourth-order valence-electron chi connectivity index (χ4n) is 6.38. The fourth-order valence-corrected chi connectivity index (χ4v) is 7.44. The SMILES string of the molecule is CC(=O)Nc1ccc(S(=O)(=O)Nc2ccc(C3C4CC5CC(C4)CC3C5)cc2)cc1. The van der Waals surface area contributed by atoms with Gasteiger partial charge in [-0.05, 0) is 104 Å². The first-order valence-corrected chi connectivity index (χ1v) is 12.4. The van der Waals surface area contributed by atoms with Crippen molar-refractivity contribution in [2.45, 2.75) is 49.8 Å². The molecule has 4 saturated carbocycles. The van der Waals surface area contributed by atoms with Crippen molar-refractivity contribution in [3.8, 4) is 0 Å². The molecule has 5 nitrogen and oxygen atoms in total. The van der Waals surface area contributed by atoms with Crippen molar-refractivity contribution in [3.63, 3.8) is 0 Å². The summed E-state index contributed by atoms with van der Waals surface area (Å²) in [5.41, 5.74) is 2.52. The second kappa shape index (κ2) is 7.41. The number of sulfonamides is 1. The van der Waals surface area contributed by atoms with Gasteiger partial charge in [0.05, 0.1) is 4.90 Å². The van der Waals surface area contributed by atoms with Crippen LogP contribution in [0.25, 0.3) is 0 Å². The largest absolute Gasteiger partial charge is 0.326 e. The molecule has 0 spiro atoms. The summed E-state index contributed by atoms with van der Waals surface area (Å²) in [7, 11) is -3.68. The highest BCUT2D eigenvalue weighted by atomic mass is 32.2. The summed E-state index contributed by atoms with van der Waals surface area (Å²) < 4.78 is 28.1. The van der Waals surface area contributed by atoms with Crippen molar-refractivity contribution >= 4 is 27.3 Å². The summed E-state index contributed by atoms with van der Waals surface area (Å²) in [6.07, 6.45) is 6.95. The van der Waals surface area contributed by atoms with Crippen LogP contribution in [-0.2, 0) is 14.8 Å². The van der Waals surface area contributed by atoms with Gasteiger partial charge in [-0.3, -0.25) is 9.52 Å². The average molecular weight is 425 g/mol. The summed E-state index contributed by atoms with van der Waals surface area (Å²) in [5.74, 6) is 3.98. The molecule has 4 aliphatic rings. The average Bonchev–Trinajstić information content (AvgIpc) is 2.68. The molecule has 4 bridgehead atoms. The normalized spacial score (nSPS) is 29.6. The van der Waals surface area contributed by atoms with E-state index in [9.17, 15) is 13.2 Å². The molecule has 0 unspecified atom stereocenters. The third-order valence-electron chi connectivity index (χ3n) is 7.26. The van der Waals surface area contributed by atoms with Gasteiger partial charge in [-0.1, -0.05) is 12.1 Å². The molecule has 0 radical (unpaired) electrons. The van der Waals surface area contributed by atoms with Gasteiger partial charge in [-0.2, -0.15) is 0 Å². The lowest BCUT2D eigenvalue weighted by atomic mass is 9.51. The molecule has 2 aromatic rings. The first kappa shape index (κ1) is 19.6. The Balaban J connectivity index is 1.29. The van der Waals surface area contributed by atoms with E-state index in [0.717, 1.165) is 23.7 Å². The Hall–Kier alpha value is -2.34. The highest BCUT2D eigenvalue weighted by Gasteiger charge is 2.48. The van der Waals surface area contributed by atoms with E-state index in [1.54, 1.807) is 12.1 Å². The van der Waals surface area contributed by atoms with Crippen LogP contribution in [-0.4, -0.2) is 14.3 Å². The highest BCUT2D eigenvalue weighted by Crippen LogP contribution is 2.59. The summed E-state index contributed by atoms with van der Waals surface area (Å²) in [4.78, 5) is 11.3. The zero-order chi connectivity index (χ0) is 20.9. The molecule has 4 aliphatic carbocycles. The van der Waals surface area contributed by atoms with Gasteiger partial charge in [0.25, 0.3) is 10.0 Å². The molecule has 0 heterocycles. The number of hydrogen-bond acceptors (Lipinski definition) is 3. The van der Waals surface area contributed by atoms with Gasteiger partial charge in [0, 0.05) is 18.3 Å². The second-order valence-corrected chi connectivity index (χ2v) is 11.1. The van der Waals surface area contributed by atoms with Crippen molar-refractivity contribution in [2.24, 2.45) is 23.7 Å². The maximum absolute atomic E-state index is 12.7. The summed E-state index contributed by atoms with van der Waals surface area (Å²) >= 11 is 0. The van der Waals surface area contributed by atoms with E-state index < -0.39 is 10.0 Å². The van der Waals surface area contributed by atoms with Crippen LogP contribution < -0.4 is 10.0 Å². The number of hydrogen-bond donors (Lipinski definition) is 2. The van der Waals surface area contributed by atoms with Crippen LogP contribution in [0.4, 0.5) is 11.4 Å². The van der Waals surface area contributed by atoms with E-state index in [1.807, 2.05) is 12.1 Å². The Kier molecular flexibility index (Phi) is 4.85. The second-order valence-electron chi connectivity index (χ2n) is 9.39.